The van der Waals surface area contributed by atoms with Crippen molar-refractivity contribution in [2.75, 3.05) is 6.26 Å². The molecular formula is C9H7NO2S. The highest BCUT2D eigenvalue weighted by atomic mass is 32.2. The first-order valence-electron chi connectivity index (χ1n) is 3.50. The molecule has 0 radical (unpaired) electrons. The Balaban J connectivity index is 3.26. The third-order valence-corrected chi connectivity index (χ3v) is 2.30. The van der Waals surface area contributed by atoms with Crippen LogP contribution in [0.15, 0.2) is 23.1 Å². The summed E-state index contributed by atoms with van der Waals surface area (Å²) in [5.74, 6) is -1.07. The monoisotopic (exact) mass is 193 g/mol. The van der Waals surface area contributed by atoms with Gasteiger partial charge in [0, 0.05) is 4.90 Å². The molecule has 0 aliphatic heterocycles. The first-order chi connectivity index (χ1) is 6.19. The maximum Gasteiger partial charge on any atom is 0.337 e. The Labute approximate surface area is 80.0 Å². The van der Waals surface area contributed by atoms with Gasteiger partial charge in [-0.2, -0.15) is 5.26 Å². The van der Waals surface area contributed by atoms with Crippen molar-refractivity contribution in [2.24, 2.45) is 0 Å². The fraction of sp³-hybridized carbons (Fsp3) is 0.111. The molecule has 0 atom stereocenters. The molecule has 0 fully saturated rings. The Kier molecular flexibility index (Phi) is 2.93. The van der Waals surface area contributed by atoms with Crippen LogP contribution < -0.4 is 0 Å². The Bertz CT molecular complexity index is 382. The lowest BCUT2D eigenvalue weighted by molar-refractivity contribution is 0.0696. The van der Waals surface area contributed by atoms with E-state index in [-0.39, 0.29) is 11.1 Å². The molecule has 0 bridgehead atoms. The lowest BCUT2D eigenvalue weighted by Gasteiger charge is -2.00. The average Bonchev–Trinajstić information content (AvgIpc) is 2.16. The molecule has 3 nitrogen and oxygen atoms in total. The number of nitriles is 1. The summed E-state index contributed by atoms with van der Waals surface area (Å²) in [6.07, 6.45) is 1.87. The van der Waals surface area contributed by atoms with E-state index in [0.29, 0.717) is 0 Å². The Morgan fingerprint density at radius 1 is 1.62 bits per heavy atom. The van der Waals surface area contributed by atoms with Gasteiger partial charge in [0.25, 0.3) is 0 Å². The van der Waals surface area contributed by atoms with E-state index in [0.717, 1.165) is 4.90 Å². The predicted molar refractivity (Wildman–Crippen MR) is 49.9 cm³/mol. The van der Waals surface area contributed by atoms with Crippen molar-refractivity contribution < 1.29 is 9.90 Å². The molecule has 0 unspecified atom stereocenters. The van der Waals surface area contributed by atoms with Gasteiger partial charge in [0.1, 0.15) is 6.07 Å². The van der Waals surface area contributed by atoms with Crippen LogP contribution in [0.5, 0.6) is 0 Å². The van der Waals surface area contributed by atoms with Gasteiger partial charge in [0.2, 0.25) is 0 Å². The van der Waals surface area contributed by atoms with E-state index in [4.69, 9.17) is 10.4 Å². The van der Waals surface area contributed by atoms with E-state index < -0.39 is 5.97 Å². The van der Waals surface area contributed by atoms with Crippen LogP contribution in [0, 0.1) is 11.3 Å². The smallest absolute Gasteiger partial charge is 0.337 e. The van der Waals surface area contributed by atoms with Crippen molar-refractivity contribution >= 4 is 17.7 Å². The van der Waals surface area contributed by atoms with Gasteiger partial charge in [0.05, 0.1) is 11.1 Å². The highest BCUT2D eigenvalue weighted by molar-refractivity contribution is 7.98. The van der Waals surface area contributed by atoms with Crippen molar-refractivity contribution in [1.82, 2.24) is 0 Å². The molecular weight excluding hydrogens is 186 g/mol. The second kappa shape index (κ2) is 3.97. The van der Waals surface area contributed by atoms with Gasteiger partial charge in [-0.25, -0.2) is 4.79 Å². The molecule has 66 valence electrons. The van der Waals surface area contributed by atoms with Crippen molar-refractivity contribution in [1.29, 1.82) is 5.26 Å². The molecule has 0 aromatic heterocycles. The molecule has 0 aliphatic carbocycles. The van der Waals surface area contributed by atoms with Crippen molar-refractivity contribution in [3.8, 4) is 6.07 Å². The standard InChI is InChI=1S/C9H7NO2S/c1-13-7-2-3-8(9(11)12)6(4-7)5-10/h2-4H,1H3,(H,11,12). The van der Waals surface area contributed by atoms with Crippen LogP contribution in [0.4, 0.5) is 0 Å². The summed E-state index contributed by atoms with van der Waals surface area (Å²) < 4.78 is 0. The number of rotatable bonds is 2. The zero-order valence-electron chi connectivity index (χ0n) is 6.94. The minimum atomic E-state index is -1.07. The van der Waals surface area contributed by atoms with Crippen molar-refractivity contribution in [3.05, 3.63) is 29.3 Å². The van der Waals surface area contributed by atoms with Gasteiger partial charge >= 0.3 is 5.97 Å². The maximum atomic E-state index is 10.6. The summed E-state index contributed by atoms with van der Waals surface area (Å²) in [4.78, 5) is 11.5. The first-order valence-corrected chi connectivity index (χ1v) is 4.73. The van der Waals surface area contributed by atoms with E-state index in [1.54, 1.807) is 12.1 Å². The third-order valence-electron chi connectivity index (χ3n) is 1.58. The summed E-state index contributed by atoms with van der Waals surface area (Å²) in [6, 6.07) is 6.58. The number of carbonyl (C=O) groups is 1. The van der Waals surface area contributed by atoms with Gasteiger partial charge in [0.15, 0.2) is 0 Å². The molecule has 1 N–H and O–H groups in total. The van der Waals surface area contributed by atoms with E-state index in [1.807, 2.05) is 12.3 Å². The molecule has 0 heterocycles. The van der Waals surface area contributed by atoms with Crippen LogP contribution in [0.2, 0.25) is 0 Å². The second-order valence-corrected chi connectivity index (χ2v) is 3.21. The van der Waals surface area contributed by atoms with Crippen LogP contribution in [-0.4, -0.2) is 17.3 Å². The highest BCUT2D eigenvalue weighted by Crippen LogP contribution is 2.18. The number of hydrogen-bond donors (Lipinski definition) is 1. The van der Waals surface area contributed by atoms with Crippen LogP contribution >= 0.6 is 11.8 Å². The van der Waals surface area contributed by atoms with Crippen molar-refractivity contribution in [3.63, 3.8) is 0 Å². The van der Waals surface area contributed by atoms with E-state index in [2.05, 4.69) is 0 Å². The molecule has 1 rings (SSSR count). The number of thioether (sulfide) groups is 1. The molecule has 13 heavy (non-hydrogen) atoms. The van der Waals surface area contributed by atoms with Crippen LogP contribution in [0.25, 0.3) is 0 Å². The number of carboxylic acids is 1. The van der Waals surface area contributed by atoms with E-state index in [9.17, 15) is 4.79 Å². The van der Waals surface area contributed by atoms with Gasteiger partial charge in [-0.3, -0.25) is 0 Å². The number of carboxylic acid groups (broad SMARTS) is 1. The largest absolute Gasteiger partial charge is 0.478 e. The molecule has 1 aromatic carbocycles. The van der Waals surface area contributed by atoms with Gasteiger partial charge in [-0.15, -0.1) is 11.8 Å². The molecule has 0 amide bonds. The number of aromatic carboxylic acids is 1. The normalized spacial score (nSPS) is 9.23. The first kappa shape index (κ1) is 9.62. The van der Waals surface area contributed by atoms with Gasteiger partial charge in [-0.05, 0) is 24.5 Å². The lowest BCUT2D eigenvalue weighted by atomic mass is 10.1. The third kappa shape index (κ3) is 2.01. The molecule has 0 saturated carbocycles. The predicted octanol–water partition coefficient (Wildman–Crippen LogP) is 1.98. The zero-order valence-corrected chi connectivity index (χ0v) is 7.76. The fourth-order valence-electron chi connectivity index (χ4n) is 0.929. The van der Waals surface area contributed by atoms with Crippen molar-refractivity contribution in [2.45, 2.75) is 4.90 Å². The number of hydrogen-bond acceptors (Lipinski definition) is 3. The molecule has 1 aromatic rings. The van der Waals surface area contributed by atoms with Crippen LogP contribution in [-0.2, 0) is 0 Å². The molecule has 0 saturated heterocycles. The quantitative estimate of drug-likeness (QED) is 0.729. The minimum Gasteiger partial charge on any atom is -0.478 e. The topological polar surface area (TPSA) is 61.1 Å². The minimum absolute atomic E-state index is 0.0558. The molecule has 4 heteroatoms. The Morgan fingerprint density at radius 2 is 2.31 bits per heavy atom. The molecule has 0 aliphatic rings. The zero-order chi connectivity index (χ0) is 9.84. The number of nitrogens with zero attached hydrogens (tertiary/aromatic N) is 1. The Hall–Kier alpha value is -1.47. The SMILES string of the molecule is CSc1ccc(C(=O)O)c(C#N)c1. The summed E-state index contributed by atoms with van der Waals surface area (Å²) >= 11 is 1.47. The summed E-state index contributed by atoms with van der Waals surface area (Å²) in [5, 5.41) is 17.4. The van der Waals surface area contributed by atoms with Crippen LogP contribution in [0.3, 0.4) is 0 Å². The fourth-order valence-corrected chi connectivity index (χ4v) is 1.37. The highest BCUT2D eigenvalue weighted by Gasteiger charge is 2.09. The molecule has 0 spiro atoms. The second-order valence-electron chi connectivity index (χ2n) is 2.33. The summed E-state index contributed by atoms with van der Waals surface area (Å²) in [5.41, 5.74) is 0.264. The average molecular weight is 193 g/mol. The summed E-state index contributed by atoms with van der Waals surface area (Å²) in [7, 11) is 0. The van der Waals surface area contributed by atoms with Gasteiger partial charge in [-0.1, -0.05) is 0 Å². The Morgan fingerprint density at radius 3 is 2.77 bits per heavy atom. The maximum absolute atomic E-state index is 10.6. The van der Waals surface area contributed by atoms with Gasteiger partial charge < -0.3 is 5.11 Å². The van der Waals surface area contributed by atoms with E-state index >= 15 is 0 Å². The lowest BCUT2D eigenvalue weighted by Crippen LogP contribution is -1.99. The van der Waals surface area contributed by atoms with E-state index in [1.165, 1.54) is 17.8 Å². The van der Waals surface area contributed by atoms with Crippen LogP contribution in [0.1, 0.15) is 15.9 Å². The summed E-state index contributed by atoms with van der Waals surface area (Å²) in [6.45, 7) is 0. The number of benzene rings is 1.